The number of halogens is 3. The smallest absolute Gasteiger partial charge is 0.322 e. The largest absolute Gasteiger partial charge is 0.416 e. The van der Waals surface area contributed by atoms with E-state index in [2.05, 4.69) is 5.32 Å². The minimum atomic E-state index is -4.38. The van der Waals surface area contributed by atoms with Gasteiger partial charge in [-0.25, -0.2) is 0 Å². The van der Waals surface area contributed by atoms with Crippen LogP contribution in [-0.2, 0) is 6.18 Å². The van der Waals surface area contributed by atoms with Gasteiger partial charge < -0.3 is 5.32 Å². The van der Waals surface area contributed by atoms with Crippen molar-refractivity contribution in [3.05, 3.63) is 90.0 Å². The molecule has 0 aliphatic rings. The maximum absolute atomic E-state index is 12.8. The first-order valence-corrected chi connectivity index (χ1v) is 7.57. The Morgan fingerprint density at radius 2 is 1.44 bits per heavy atom. The monoisotopic (exact) mass is 341 g/mol. The zero-order valence-electron chi connectivity index (χ0n) is 13.0. The number of carbonyl (C=O) groups is 1. The summed E-state index contributed by atoms with van der Waals surface area (Å²) in [5.74, 6) is -0.243. The summed E-state index contributed by atoms with van der Waals surface area (Å²) < 4.78 is 38.4. The van der Waals surface area contributed by atoms with Gasteiger partial charge in [0.25, 0.3) is 5.91 Å². The number of amides is 1. The number of alkyl halides is 3. The van der Waals surface area contributed by atoms with Gasteiger partial charge in [-0.2, -0.15) is 13.2 Å². The first kappa shape index (κ1) is 16.8. The molecule has 25 heavy (non-hydrogen) atoms. The molecular formula is C20H14F3NO. The zero-order chi connectivity index (χ0) is 17.9. The van der Waals surface area contributed by atoms with E-state index in [0.717, 1.165) is 12.1 Å². The van der Waals surface area contributed by atoms with Crippen LogP contribution in [0.2, 0.25) is 0 Å². The Balaban J connectivity index is 1.78. The molecule has 5 heteroatoms. The minimum Gasteiger partial charge on any atom is -0.322 e. The van der Waals surface area contributed by atoms with E-state index in [4.69, 9.17) is 0 Å². The van der Waals surface area contributed by atoms with Gasteiger partial charge in [-0.05, 0) is 47.5 Å². The second kappa shape index (κ2) is 6.81. The van der Waals surface area contributed by atoms with Crippen LogP contribution in [0.25, 0.3) is 11.1 Å². The van der Waals surface area contributed by atoms with Crippen LogP contribution in [0.4, 0.5) is 18.9 Å². The number of hydrogen-bond donors (Lipinski definition) is 1. The Kier molecular flexibility index (Phi) is 4.57. The standard InChI is InChI=1S/C20H14F3NO/c21-20(22,23)17-8-4-7-16(13-17)14-9-11-18(12-10-14)24-19(25)15-5-2-1-3-6-15/h1-13H,(H,24,25). The normalized spacial score (nSPS) is 11.2. The molecule has 0 aromatic heterocycles. The van der Waals surface area contributed by atoms with Gasteiger partial charge >= 0.3 is 6.18 Å². The van der Waals surface area contributed by atoms with Crippen molar-refractivity contribution in [2.75, 3.05) is 5.32 Å². The average molecular weight is 341 g/mol. The Labute approximate surface area is 142 Å². The van der Waals surface area contributed by atoms with Crippen LogP contribution < -0.4 is 5.32 Å². The lowest BCUT2D eigenvalue weighted by Gasteiger charge is -2.10. The average Bonchev–Trinajstić information content (AvgIpc) is 2.62. The predicted molar refractivity (Wildman–Crippen MR) is 91.3 cm³/mol. The van der Waals surface area contributed by atoms with E-state index in [9.17, 15) is 18.0 Å². The van der Waals surface area contributed by atoms with E-state index in [1.165, 1.54) is 6.07 Å². The van der Waals surface area contributed by atoms with E-state index >= 15 is 0 Å². The summed E-state index contributed by atoms with van der Waals surface area (Å²) in [6.45, 7) is 0. The van der Waals surface area contributed by atoms with Crippen molar-refractivity contribution in [3.63, 3.8) is 0 Å². The van der Waals surface area contributed by atoms with Gasteiger partial charge in [0.2, 0.25) is 0 Å². The summed E-state index contributed by atoms with van der Waals surface area (Å²) in [4.78, 5) is 12.1. The number of anilines is 1. The molecule has 2 nitrogen and oxygen atoms in total. The van der Waals surface area contributed by atoms with Gasteiger partial charge in [-0.15, -0.1) is 0 Å². The highest BCUT2D eigenvalue weighted by molar-refractivity contribution is 6.04. The summed E-state index contributed by atoms with van der Waals surface area (Å²) in [5.41, 5.74) is 1.53. The molecule has 0 radical (unpaired) electrons. The maximum Gasteiger partial charge on any atom is 0.416 e. The summed E-state index contributed by atoms with van der Waals surface area (Å²) >= 11 is 0. The molecule has 0 aliphatic heterocycles. The summed E-state index contributed by atoms with van der Waals surface area (Å²) in [7, 11) is 0. The van der Waals surface area contributed by atoms with Crippen molar-refractivity contribution in [1.82, 2.24) is 0 Å². The molecule has 3 rings (SSSR count). The molecule has 0 bridgehead atoms. The van der Waals surface area contributed by atoms with E-state index in [0.29, 0.717) is 22.4 Å². The zero-order valence-corrected chi connectivity index (χ0v) is 13.0. The van der Waals surface area contributed by atoms with Crippen molar-refractivity contribution in [1.29, 1.82) is 0 Å². The van der Waals surface area contributed by atoms with E-state index in [1.807, 2.05) is 6.07 Å². The lowest BCUT2D eigenvalue weighted by molar-refractivity contribution is -0.137. The van der Waals surface area contributed by atoms with Crippen LogP contribution in [0, 0.1) is 0 Å². The SMILES string of the molecule is O=C(Nc1ccc(-c2cccc(C(F)(F)F)c2)cc1)c1ccccc1. The molecule has 0 spiro atoms. The molecule has 0 unspecified atom stereocenters. The van der Waals surface area contributed by atoms with Crippen molar-refractivity contribution in [3.8, 4) is 11.1 Å². The fourth-order valence-electron chi connectivity index (χ4n) is 2.41. The highest BCUT2D eigenvalue weighted by Gasteiger charge is 2.30. The van der Waals surface area contributed by atoms with Gasteiger partial charge in [0.05, 0.1) is 5.56 Å². The van der Waals surface area contributed by atoms with Crippen molar-refractivity contribution in [2.45, 2.75) is 6.18 Å². The molecule has 0 saturated heterocycles. The number of rotatable bonds is 3. The molecule has 3 aromatic rings. The van der Waals surface area contributed by atoms with Crippen LogP contribution in [-0.4, -0.2) is 5.91 Å². The third-order valence-corrected chi connectivity index (χ3v) is 3.70. The molecule has 3 aromatic carbocycles. The second-order valence-corrected chi connectivity index (χ2v) is 5.48. The fourth-order valence-corrected chi connectivity index (χ4v) is 2.41. The maximum atomic E-state index is 12.8. The number of benzene rings is 3. The Morgan fingerprint density at radius 3 is 2.08 bits per heavy atom. The van der Waals surface area contributed by atoms with Crippen LogP contribution in [0.5, 0.6) is 0 Å². The third kappa shape index (κ3) is 4.07. The first-order chi connectivity index (χ1) is 11.9. The van der Waals surface area contributed by atoms with Crippen molar-refractivity contribution >= 4 is 11.6 Å². The van der Waals surface area contributed by atoms with Gasteiger partial charge in [0.15, 0.2) is 0 Å². The minimum absolute atomic E-state index is 0.243. The summed E-state index contributed by atoms with van der Waals surface area (Å²) in [5, 5.41) is 2.75. The molecule has 0 aliphatic carbocycles. The summed E-state index contributed by atoms with van der Waals surface area (Å²) in [6.07, 6.45) is -4.38. The second-order valence-electron chi connectivity index (χ2n) is 5.48. The molecular weight excluding hydrogens is 327 g/mol. The fraction of sp³-hybridized carbons (Fsp3) is 0.0500. The highest BCUT2D eigenvalue weighted by Crippen LogP contribution is 2.32. The molecule has 0 saturated carbocycles. The van der Waals surface area contributed by atoms with E-state index in [-0.39, 0.29) is 5.91 Å². The topological polar surface area (TPSA) is 29.1 Å². The first-order valence-electron chi connectivity index (χ1n) is 7.57. The molecule has 0 fully saturated rings. The Hall–Kier alpha value is -3.08. The summed E-state index contributed by atoms with van der Waals surface area (Å²) in [6, 6.07) is 20.6. The molecule has 0 heterocycles. The van der Waals surface area contributed by atoms with Gasteiger partial charge in [-0.1, -0.05) is 42.5 Å². The Morgan fingerprint density at radius 1 is 0.760 bits per heavy atom. The molecule has 1 N–H and O–H groups in total. The van der Waals surface area contributed by atoms with Crippen molar-refractivity contribution < 1.29 is 18.0 Å². The third-order valence-electron chi connectivity index (χ3n) is 3.70. The Bertz CT molecular complexity index is 871. The lowest BCUT2D eigenvalue weighted by atomic mass is 10.0. The molecule has 126 valence electrons. The van der Waals surface area contributed by atoms with Gasteiger partial charge in [0, 0.05) is 11.3 Å². The number of hydrogen-bond acceptors (Lipinski definition) is 1. The predicted octanol–water partition coefficient (Wildman–Crippen LogP) is 5.62. The number of carbonyl (C=O) groups excluding carboxylic acids is 1. The van der Waals surface area contributed by atoms with Gasteiger partial charge in [0.1, 0.15) is 0 Å². The number of nitrogens with one attached hydrogen (secondary N) is 1. The highest BCUT2D eigenvalue weighted by atomic mass is 19.4. The van der Waals surface area contributed by atoms with Crippen LogP contribution in [0.15, 0.2) is 78.9 Å². The molecule has 1 amide bonds. The van der Waals surface area contributed by atoms with E-state index < -0.39 is 11.7 Å². The quantitative estimate of drug-likeness (QED) is 0.658. The van der Waals surface area contributed by atoms with Crippen molar-refractivity contribution in [2.24, 2.45) is 0 Å². The van der Waals surface area contributed by atoms with Crippen LogP contribution in [0.3, 0.4) is 0 Å². The van der Waals surface area contributed by atoms with E-state index in [1.54, 1.807) is 54.6 Å². The molecule has 0 atom stereocenters. The van der Waals surface area contributed by atoms with Gasteiger partial charge in [-0.3, -0.25) is 4.79 Å². The van der Waals surface area contributed by atoms with Crippen LogP contribution >= 0.6 is 0 Å². The van der Waals surface area contributed by atoms with Crippen LogP contribution in [0.1, 0.15) is 15.9 Å². The lowest BCUT2D eigenvalue weighted by Crippen LogP contribution is -2.11.